The first-order chi connectivity index (χ1) is 7.29. The molecule has 0 aliphatic carbocycles. The van der Waals surface area contributed by atoms with Crippen LogP contribution in [-0.2, 0) is 13.1 Å². The van der Waals surface area contributed by atoms with E-state index in [0.29, 0.717) is 6.54 Å². The molecule has 0 N–H and O–H groups in total. The van der Waals surface area contributed by atoms with Crippen LogP contribution in [0.4, 0.5) is 0 Å². The van der Waals surface area contributed by atoms with Crippen molar-refractivity contribution in [3.8, 4) is 0 Å². The number of hydrogen-bond acceptors (Lipinski definition) is 3. The summed E-state index contributed by atoms with van der Waals surface area (Å²) >= 11 is 2.24. The third kappa shape index (κ3) is 2.55. The fourth-order valence-corrected chi connectivity index (χ4v) is 1.82. The van der Waals surface area contributed by atoms with E-state index in [0.717, 1.165) is 22.4 Å². The Kier molecular flexibility index (Phi) is 3.34. The Bertz CT molecular complexity index is 433. The first-order valence-corrected chi connectivity index (χ1v) is 5.92. The SMILES string of the molecule is CCCn1ncnc1Cn1cc(I)cn1. The highest BCUT2D eigenvalue weighted by Gasteiger charge is 2.04. The van der Waals surface area contributed by atoms with Crippen molar-refractivity contribution in [2.75, 3.05) is 0 Å². The molecular formula is C9H12IN5. The van der Waals surface area contributed by atoms with Gasteiger partial charge in [-0.25, -0.2) is 9.67 Å². The molecule has 0 saturated carbocycles. The lowest BCUT2D eigenvalue weighted by molar-refractivity contribution is 0.539. The number of aromatic nitrogens is 5. The number of rotatable bonds is 4. The lowest BCUT2D eigenvalue weighted by Gasteiger charge is -2.03. The molecule has 5 nitrogen and oxygen atoms in total. The average Bonchev–Trinajstić information content (AvgIpc) is 2.78. The van der Waals surface area contributed by atoms with Crippen molar-refractivity contribution in [2.24, 2.45) is 0 Å². The highest BCUT2D eigenvalue weighted by Crippen LogP contribution is 2.04. The second-order valence-electron chi connectivity index (χ2n) is 3.26. The molecule has 0 aliphatic rings. The summed E-state index contributed by atoms with van der Waals surface area (Å²) in [4.78, 5) is 4.23. The summed E-state index contributed by atoms with van der Waals surface area (Å²) in [6.07, 6.45) is 6.49. The van der Waals surface area contributed by atoms with Crippen molar-refractivity contribution >= 4 is 22.6 Å². The molecule has 0 aromatic carbocycles. The fraction of sp³-hybridized carbons (Fsp3) is 0.444. The number of aryl methyl sites for hydroxylation is 1. The van der Waals surface area contributed by atoms with E-state index in [2.05, 4.69) is 44.7 Å². The van der Waals surface area contributed by atoms with Crippen molar-refractivity contribution in [3.05, 3.63) is 28.1 Å². The Morgan fingerprint density at radius 2 is 2.27 bits per heavy atom. The quantitative estimate of drug-likeness (QED) is 0.804. The van der Waals surface area contributed by atoms with E-state index in [1.165, 1.54) is 0 Å². The Hall–Kier alpha value is -0.920. The summed E-state index contributed by atoms with van der Waals surface area (Å²) in [5.41, 5.74) is 0. The Labute approximate surface area is 102 Å². The second kappa shape index (κ2) is 4.73. The first-order valence-electron chi connectivity index (χ1n) is 4.84. The van der Waals surface area contributed by atoms with Gasteiger partial charge in [0.05, 0.1) is 9.77 Å². The van der Waals surface area contributed by atoms with Crippen molar-refractivity contribution < 1.29 is 0 Å². The molecule has 15 heavy (non-hydrogen) atoms. The van der Waals surface area contributed by atoms with Gasteiger partial charge in [-0.15, -0.1) is 0 Å². The van der Waals surface area contributed by atoms with Gasteiger partial charge in [0.25, 0.3) is 0 Å². The fourth-order valence-electron chi connectivity index (χ4n) is 1.38. The molecule has 0 bridgehead atoms. The largest absolute Gasteiger partial charge is 0.264 e. The normalized spacial score (nSPS) is 10.8. The van der Waals surface area contributed by atoms with Gasteiger partial charge in [0, 0.05) is 12.7 Å². The number of hydrogen-bond donors (Lipinski definition) is 0. The lowest BCUT2D eigenvalue weighted by Crippen LogP contribution is -2.10. The zero-order valence-electron chi connectivity index (χ0n) is 8.47. The third-order valence-electron chi connectivity index (χ3n) is 2.04. The smallest absolute Gasteiger partial charge is 0.148 e. The molecule has 0 fully saturated rings. The summed E-state index contributed by atoms with van der Waals surface area (Å²) in [6, 6.07) is 0. The van der Waals surface area contributed by atoms with Gasteiger partial charge >= 0.3 is 0 Å². The molecule has 0 spiro atoms. The molecule has 0 atom stereocenters. The molecule has 0 amide bonds. The molecule has 2 aromatic heterocycles. The van der Waals surface area contributed by atoms with Crippen LogP contribution in [0.5, 0.6) is 0 Å². The van der Waals surface area contributed by atoms with E-state index in [-0.39, 0.29) is 0 Å². The van der Waals surface area contributed by atoms with Crippen molar-refractivity contribution in [3.63, 3.8) is 0 Å². The second-order valence-corrected chi connectivity index (χ2v) is 4.50. The Morgan fingerprint density at radius 3 is 2.93 bits per heavy atom. The van der Waals surface area contributed by atoms with Gasteiger partial charge in [-0.1, -0.05) is 6.92 Å². The topological polar surface area (TPSA) is 48.5 Å². The number of halogens is 1. The Balaban J connectivity index is 2.13. The monoisotopic (exact) mass is 317 g/mol. The molecule has 0 radical (unpaired) electrons. The third-order valence-corrected chi connectivity index (χ3v) is 2.59. The van der Waals surface area contributed by atoms with Gasteiger partial charge in [0.2, 0.25) is 0 Å². The predicted octanol–water partition coefficient (Wildman–Crippen LogP) is 1.54. The van der Waals surface area contributed by atoms with E-state index in [9.17, 15) is 0 Å². The van der Waals surface area contributed by atoms with Crippen molar-refractivity contribution in [1.29, 1.82) is 0 Å². The molecule has 2 aromatic rings. The van der Waals surface area contributed by atoms with Crippen LogP contribution in [0.2, 0.25) is 0 Å². The summed E-state index contributed by atoms with van der Waals surface area (Å²) in [7, 11) is 0. The van der Waals surface area contributed by atoms with E-state index >= 15 is 0 Å². The molecule has 6 heteroatoms. The van der Waals surface area contributed by atoms with Crippen LogP contribution in [0.25, 0.3) is 0 Å². The van der Waals surface area contributed by atoms with Crippen LogP contribution in [0.3, 0.4) is 0 Å². The molecule has 80 valence electrons. The standard InChI is InChI=1S/C9H12IN5/c1-2-3-15-9(11-7-13-15)6-14-5-8(10)4-12-14/h4-5,7H,2-3,6H2,1H3. The summed E-state index contributed by atoms with van der Waals surface area (Å²) in [5.74, 6) is 0.955. The van der Waals surface area contributed by atoms with Gasteiger partial charge in [-0.05, 0) is 29.0 Å². The van der Waals surface area contributed by atoms with E-state index in [4.69, 9.17) is 0 Å². The summed E-state index contributed by atoms with van der Waals surface area (Å²) in [5, 5.41) is 8.39. The molecular weight excluding hydrogens is 305 g/mol. The Morgan fingerprint density at radius 1 is 1.40 bits per heavy atom. The predicted molar refractivity (Wildman–Crippen MR) is 64.4 cm³/mol. The minimum absolute atomic E-state index is 0.684. The van der Waals surface area contributed by atoms with Crippen molar-refractivity contribution in [2.45, 2.75) is 26.4 Å². The minimum Gasteiger partial charge on any atom is -0.264 e. The van der Waals surface area contributed by atoms with Crippen LogP contribution < -0.4 is 0 Å². The van der Waals surface area contributed by atoms with E-state index < -0.39 is 0 Å². The van der Waals surface area contributed by atoms with Crippen molar-refractivity contribution in [1.82, 2.24) is 24.5 Å². The molecule has 0 saturated heterocycles. The van der Waals surface area contributed by atoms with Crippen LogP contribution in [-0.4, -0.2) is 24.5 Å². The van der Waals surface area contributed by atoms with Gasteiger partial charge in [-0.2, -0.15) is 10.2 Å². The molecule has 2 heterocycles. The number of nitrogens with zero attached hydrogens (tertiary/aromatic N) is 5. The molecule has 0 aliphatic heterocycles. The maximum absolute atomic E-state index is 4.23. The maximum Gasteiger partial charge on any atom is 0.148 e. The van der Waals surface area contributed by atoms with Crippen LogP contribution in [0, 0.1) is 3.57 Å². The molecule has 0 unspecified atom stereocenters. The summed E-state index contributed by atoms with van der Waals surface area (Å²) < 4.78 is 4.93. The minimum atomic E-state index is 0.684. The van der Waals surface area contributed by atoms with Crippen LogP contribution in [0.15, 0.2) is 18.7 Å². The zero-order valence-corrected chi connectivity index (χ0v) is 10.6. The van der Waals surface area contributed by atoms with Gasteiger partial charge < -0.3 is 0 Å². The maximum atomic E-state index is 4.23. The zero-order chi connectivity index (χ0) is 10.7. The highest BCUT2D eigenvalue weighted by molar-refractivity contribution is 14.1. The highest BCUT2D eigenvalue weighted by atomic mass is 127. The van der Waals surface area contributed by atoms with E-state index in [1.807, 2.05) is 21.8 Å². The molecule has 2 rings (SSSR count). The van der Waals surface area contributed by atoms with Gasteiger partial charge in [-0.3, -0.25) is 4.68 Å². The first kappa shape index (κ1) is 10.6. The van der Waals surface area contributed by atoms with Gasteiger partial charge in [0.1, 0.15) is 18.7 Å². The lowest BCUT2D eigenvalue weighted by atomic mass is 10.5. The summed E-state index contributed by atoms with van der Waals surface area (Å²) in [6.45, 7) is 3.72. The van der Waals surface area contributed by atoms with Crippen LogP contribution in [0.1, 0.15) is 19.2 Å². The van der Waals surface area contributed by atoms with E-state index in [1.54, 1.807) is 6.33 Å². The van der Waals surface area contributed by atoms with Crippen LogP contribution >= 0.6 is 22.6 Å². The average molecular weight is 317 g/mol. The van der Waals surface area contributed by atoms with Gasteiger partial charge in [0.15, 0.2) is 0 Å².